The zero-order chi connectivity index (χ0) is 12.3. The van der Waals surface area contributed by atoms with Crippen molar-refractivity contribution < 1.29 is 14.2 Å². The first kappa shape index (κ1) is 11.5. The van der Waals surface area contributed by atoms with E-state index in [0.717, 1.165) is 0 Å². The van der Waals surface area contributed by atoms with Crippen LogP contribution in [0.3, 0.4) is 0 Å². The van der Waals surface area contributed by atoms with Gasteiger partial charge in [-0.25, -0.2) is 0 Å². The predicted octanol–water partition coefficient (Wildman–Crippen LogP) is 2.32. The second-order valence-corrected chi connectivity index (χ2v) is 3.86. The van der Waals surface area contributed by atoms with Crippen LogP contribution in [0.4, 0.5) is 5.69 Å². The predicted molar refractivity (Wildman–Crippen MR) is 59.4 cm³/mol. The molecule has 0 fully saturated rings. The molecule has 17 heavy (non-hydrogen) atoms. The van der Waals surface area contributed by atoms with Gasteiger partial charge in [-0.15, -0.1) is 0 Å². The Labute approximate surface area is 104 Å². The summed E-state index contributed by atoms with van der Waals surface area (Å²) in [5, 5.41) is 14.2. The number of nitrogens with zero attached hydrogens (tertiary/aromatic N) is 3. The smallest absolute Gasteiger partial charge is 0.273 e. The van der Waals surface area contributed by atoms with Gasteiger partial charge in [0.25, 0.3) is 5.69 Å². The van der Waals surface area contributed by atoms with Gasteiger partial charge in [-0.3, -0.25) is 10.1 Å². The van der Waals surface area contributed by atoms with E-state index in [9.17, 15) is 10.1 Å². The second-order valence-electron chi connectivity index (χ2n) is 3.01. The van der Waals surface area contributed by atoms with Crippen molar-refractivity contribution in [3.8, 4) is 5.75 Å². The molecule has 1 heterocycles. The molecule has 0 saturated heterocycles. The standard InChI is InChI=1S/C9H6BrN3O4/c10-7-2-1-6(13(14)15)3-8(7)16-4-9-11-5-17-12-9/h1-3,5H,4H2. The first-order valence-corrected chi connectivity index (χ1v) is 5.28. The number of hydrogen-bond acceptors (Lipinski definition) is 6. The molecule has 2 aromatic rings. The maximum absolute atomic E-state index is 10.6. The van der Waals surface area contributed by atoms with Crippen molar-refractivity contribution in [3.63, 3.8) is 0 Å². The summed E-state index contributed by atoms with van der Waals surface area (Å²) < 4.78 is 10.5. The third-order valence-corrected chi connectivity index (χ3v) is 2.54. The van der Waals surface area contributed by atoms with E-state index >= 15 is 0 Å². The van der Waals surface area contributed by atoms with Crippen LogP contribution in [0.25, 0.3) is 0 Å². The lowest BCUT2D eigenvalue weighted by Crippen LogP contribution is -1.98. The summed E-state index contributed by atoms with van der Waals surface area (Å²) in [7, 11) is 0. The Kier molecular flexibility index (Phi) is 3.33. The SMILES string of the molecule is O=[N+]([O-])c1ccc(Br)c(OCc2ncon2)c1. The van der Waals surface area contributed by atoms with Crippen LogP contribution in [-0.2, 0) is 6.61 Å². The van der Waals surface area contributed by atoms with Gasteiger partial charge in [-0.05, 0) is 22.0 Å². The molecule has 8 heteroatoms. The molecule has 0 bridgehead atoms. The van der Waals surface area contributed by atoms with Crippen LogP contribution < -0.4 is 4.74 Å². The van der Waals surface area contributed by atoms with E-state index < -0.39 is 4.92 Å². The number of halogens is 1. The van der Waals surface area contributed by atoms with E-state index in [0.29, 0.717) is 16.0 Å². The number of rotatable bonds is 4. The highest BCUT2D eigenvalue weighted by atomic mass is 79.9. The molecule has 0 saturated carbocycles. The topological polar surface area (TPSA) is 91.3 Å². The van der Waals surface area contributed by atoms with Crippen molar-refractivity contribution in [2.75, 3.05) is 0 Å². The Morgan fingerprint density at radius 1 is 1.53 bits per heavy atom. The largest absolute Gasteiger partial charge is 0.484 e. The highest BCUT2D eigenvalue weighted by Gasteiger charge is 2.11. The van der Waals surface area contributed by atoms with Gasteiger partial charge < -0.3 is 9.26 Å². The number of ether oxygens (including phenoxy) is 1. The maximum atomic E-state index is 10.6. The summed E-state index contributed by atoms with van der Waals surface area (Å²) >= 11 is 3.23. The Hall–Kier alpha value is -1.96. The molecular formula is C9H6BrN3O4. The maximum Gasteiger partial charge on any atom is 0.273 e. The van der Waals surface area contributed by atoms with Gasteiger partial charge in [0.2, 0.25) is 12.2 Å². The summed E-state index contributed by atoms with van der Waals surface area (Å²) in [5.41, 5.74) is -0.0451. The van der Waals surface area contributed by atoms with Crippen LogP contribution in [0.2, 0.25) is 0 Å². The summed E-state index contributed by atoms with van der Waals surface area (Å²) in [4.78, 5) is 13.9. The molecule has 0 radical (unpaired) electrons. The number of non-ortho nitro benzene ring substituents is 1. The molecule has 0 aliphatic carbocycles. The quantitative estimate of drug-likeness (QED) is 0.635. The molecule has 0 amide bonds. The Morgan fingerprint density at radius 3 is 3.00 bits per heavy atom. The van der Waals surface area contributed by atoms with E-state index in [-0.39, 0.29) is 12.3 Å². The molecule has 7 nitrogen and oxygen atoms in total. The lowest BCUT2D eigenvalue weighted by molar-refractivity contribution is -0.385. The summed E-state index contributed by atoms with van der Waals surface area (Å²) in [6, 6.07) is 4.25. The number of hydrogen-bond donors (Lipinski definition) is 0. The third-order valence-electron chi connectivity index (χ3n) is 1.89. The molecule has 0 spiro atoms. The molecule has 2 rings (SSSR count). The van der Waals surface area contributed by atoms with E-state index in [4.69, 9.17) is 4.74 Å². The molecule has 0 aliphatic heterocycles. The fourth-order valence-corrected chi connectivity index (χ4v) is 1.48. The van der Waals surface area contributed by atoms with Crippen LogP contribution in [0.5, 0.6) is 5.75 Å². The Bertz CT molecular complexity index is 529. The fourth-order valence-electron chi connectivity index (χ4n) is 1.11. The summed E-state index contributed by atoms with van der Waals surface area (Å²) in [5.74, 6) is 0.715. The third kappa shape index (κ3) is 2.78. The zero-order valence-corrected chi connectivity index (χ0v) is 9.96. The molecule has 1 aromatic carbocycles. The van der Waals surface area contributed by atoms with Crippen LogP contribution >= 0.6 is 15.9 Å². The first-order valence-electron chi connectivity index (χ1n) is 4.49. The minimum absolute atomic E-state index is 0.0451. The number of benzene rings is 1. The van der Waals surface area contributed by atoms with Gasteiger partial charge in [0.15, 0.2) is 6.61 Å². The highest BCUT2D eigenvalue weighted by molar-refractivity contribution is 9.10. The fraction of sp³-hybridized carbons (Fsp3) is 0.111. The summed E-state index contributed by atoms with van der Waals surface area (Å²) in [6.07, 6.45) is 1.18. The molecule has 1 aromatic heterocycles. The van der Waals surface area contributed by atoms with E-state index in [1.54, 1.807) is 6.07 Å². The van der Waals surface area contributed by atoms with Crippen LogP contribution in [-0.4, -0.2) is 15.1 Å². The average Bonchev–Trinajstić information content (AvgIpc) is 2.80. The van der Waals surface area contributed by atoms with E-state index in [1.165, 1.54) is 18.5 Å². The molecule has 88 valence electrons. The van der Waals surface area contributed by atoms with Crippen molar-refractivity contribution in [2.45, 2.75) is 6.61 Å². The number of nitro benzene ring substituents is 1. The molecule has 0 unspecified atom stereocenters. The van der Waals surface area contributed by atoms with Gasteiger partial charge in [0.05, 0.1) is 15.5 Å². The minimum atomic E-state index is -0.492. The van der Waals surface area contributed by atoms with Crippen molar-refractivity contribution in [1.82, 2.24) is 10.1 Å². The van der Waals surface area contributed by atoms with Gasteiger partial charge in [-0.1, -0.05) is 5.16 Å². The number of nitro groups is 1. The first-order chi connectivity index (χ1) is 8.16. The molecule has 0 atom stereocenters. The molecular weight excluding hydrogens is 294 g/mol. The average molecular weight is 300 g/mol. The second kappa shape index (κ2) is 4.91. The highest BCUT2D eigenvalue weighted by Crippen LogP contribution is 2.29. The van der Waals surface area contributed by atoms with E-state index in [2.05, 4.69) is 30.6 Å². The van der Waals surface area contributed by atoms with Crippen molar-refractivity contribution in [2.24, 2.45) is 0 Å². The van der Waals surface area contributed by atoms with Gasteiger partial charge in [0, 0.05) is 6.07 Å². The molecule has 0 aliphatic rings. The van der Waals surface area contributed by atoms with Crippen molar-refractivity contribution >= 4 is 21.6 Å². The van der Waals surface area contributed by atoms with Crippen molar-refractivity contribution in [1.29, 1.82) is 0 Å². The van der Waals surface area contributed by atoms with Crippen LogP contribution in [0.15, 0.2) is 33.6 Å². The van der Waals surface area contributed by atoms with Crippen LogP contribution in [0.1, 0.15) is 5.82 Å². The Morgan fingerprint density at radius 2 is 2.35 bits per heavy atom. The van der Waals surface area contributed by atoms with Gasteiger partial charge in [-0.2, -0.15) is 4.98 Å². The summed E-state index contributed by atoms with van der Waals surface area (Å²) in [6.45, 7) is 0.0796. The minimum Gasteiger partial charge on any atom is -0.484 e. The zero-order valence-electron chi connectivity index (χ0n) is 8.37. The van der Waals surface area contributed by atoms with Gasteiger partial charge >= 0.3 is 0 Å². The van der Waals surface area contributed by atoms with E-state index in [1.807, 2.05) is 0 Å². The van der Waals surface area contributed by atoms with Crippen molar-refractivity contribution in [3.05, 3.63) is 45.0 Å². The van der Waals surface area contributed by atoms with Crippen LogP contribution in [0, 0.1) is 10.1 Å². The lowest BCUT2D eigenvalue weighted by atomic mass is 10.3. The normalized spacial score (nSPS) is 10.2. The lowest BCUT2D eigenvalue weighted by Gasteiger charge is -2.05. The number of aromatic nitrogens is 2. The van der Waals surface area contributed by atoms with Gasteiger partial charge in [0.1, 0.15) is 5.75 Å². The monoisotopic (exact) mass is 299 g/mol. The molecule has 0 N–H and O–H groups in total. The Balaban J connectivity index is 2.14.